The quantitative estimate of drug-likeness (QED) is 0.121. The van der Waals surface area contributed by atoms with Crippen molar-refractivity contribution in [2.75, 3.05) is 33.4 Å². The number of piperazine rings is 1. The smallest absolute Gasteiger partial charge is 0.482 e. The van der Waals surface area contributed by atoms with E-state index in [1.807, 2.05) is 27.7 Å². The van der Waals surface area contributed by atoms with Gasteiger partial charge in [-0.05, 0) is 106 Å². The zero-order valence-electron chi connectivity index (χ0n) is 37.7. The van der Waals surface area contributed by atoms with Gasteiger partial charge in [0, 0.05) is 19.6 Å². The number of imide groups is 1. The highest BCUT2D eigenvalue weighted by molar-refractivity contribution is 7.86. The normalized spacial score (nSPS) is 24.4. The van der Waals surface area contributed by atoms with Crippen LogP contribution in [0.15, 0.2) is 47.4 Å². The summed E-state index contributed by atoms with van der Waals surface area (Å²) in [6.45, 7) is 19.2. The molecular weight excluding hydrogens is 819 g/mol. The highest BCUT2D eigenvalue weighted by Gasteiger charge is 2.68. The third kappa shape index (κ3) is 9.53. The number of ether oxygens (including phenoxy) is 2. The van der Waals surface area contributed by atoms with Gasteiger partial charge in [-0.25, -0.2) is 9.59 Å². The Morgan fingerprint density at radius 1 is 0.952 bits per heavy atom. The van der Waals surface area contributed by atoms with Crippen molar-refractivity contribution >= 4 is 47.0 Å². The summed E-state index contributed by atoms with van der Waals surface area (Å²) >= 11 is 0. The fraction of sp³-hybridized carbons (Fsp3) is 0.614. The van der Waals surface area contributed by atoms with Crippen LogP contribution < -0.4 is 15.4 Å². The molecule has 2 aliphatic heterocycles. The number of esters is 1. The predicted octanol–water partition coefficient (Wildman–Crippen LogP) is 4.84. The summed E-state index contributed by atoms with van der Waals surface area (Å²) in [4.78, 5) is 70.0. The van der Waals surface area contributed by atoms with Crippen LogP contribution in [0.1, 0.15) is 110 Å². The molecule has 62 heavy (non-hydrogen) atoms. The van der Waals surface area contributed by atoms with Crippen LogP contribution in [0.2, 0.25) is 0 Å². The van der Waals surface area contributed by atoms with Gasteiger partial charge < -0.3 is 34.3 Å². The Balaban J connectivity index is 1.36. The van der Waals surface area contributed by atoms with Gasteiger partial charge in [0.05, 0.1) is 36.3 Å². The molecule has 5 amide bonds. The van der Waals surface area contributed by atoms with Crippen molar-refractivity contribution in [3.8, 4) is 5.75 Å². The summed E-state index contributed by atoms with van der Waals surface area (Å²) in [5.74, 6) is -3.35. The minimum absolute atomic E-state index is 0.0153. The van der Waals surface area contributed by atoms with Crippen molar-refractivity contribution in [1.82, 2.24) is 20.4 Å². The first kappa shape index (κ1) is 47.0. The molecule has 0 spiro atoms. The second-order valence-corrected chi connectivity index (χ2v) is 21.3. The molecule has 0 radical (unpaired) electrons. The van der Waals surface area contributed by atoms with E-state index in [-0.39, 0.29) is 71.9 Å². The van der Waals surface area contributed by atoms with E-state index in [0.29, 0.717) is 11.5 Å². The Hall–Kier alpha value is -4.52. The topological polar surface area (TPSA) is 196 Å². The van der Waals surface area contributed by atoms with E-state index in [1.54, 1.807) is 45.9 Å². The number of para-hydroxylation sites is 1. The number of hydrogen-bond donors (Lipinski definition) is 2. The molecule has 5 fully saturated rings. The summed E-state index contributed by atoms with van der Waals surface area (Å²) in [6, 6.07) is 7.79. The molecule has 2 saturated heterocycles. The first-order chi connectivity index (χ1) is 28.8. The summed E-state index contributed by atoms with van der Waals surface area (Å²) in [5.41, 5.74) is -1.03. The highest BCUT2D eigenvalue weighted by Crippen LogP contribution is 2.65. The van der Waals surface area contributed by atoms with Crippen molar-refractivity contribution in [1.29, 1.82) is 0 Å². The fourth-order valence-corrected chi connectivity index (χ4v) is 10.2. The largest absolute Gasteiger partial charge is 0.496 e. The number of carbonyl (C=O) groups is 5. The number of urea groups is 1. The van der Waals surface area contributed by atoms with Crippen LogP contribution in [-0.2, 0) is 49.2 Å². The number of likely N-dealkylation sites (N-methyl/N-ethyl adjacent to an activating group) is 1. The summed E-state index contributed by atoms with van der Waals surface area (Å²) in [5, 5.41) is 5.68. The highest BCUT2D eigenvalue weighted by atomic mass is 32.2. The van der Waals surface area contributed by atoms with E-state index >= 15 is 0 Å². The second kappa shape index (κ2) is 17.2. The second-order valence-electron chi connectivity index (χ2n) is 19.7. The summed E-state index contributed by atoms with van der Waals surface area (Å²) < 4.78 is 56.6. The minimum atomic E-state index is -4.20. The number of benzene rings is 2. The molecule has 5 aliphatic rings. The van der Waals surface area contributed by atoms with Gasteiger partial charge in [-0.1, -0.05) is 58.9 Å². The van der Waals surface area contributed by atoms with E-state index in [4.69, 9.17) is 23.0 Å². The molecule has 0 aromatic heterocycles. The number of rotatable bonds is 13. The van der Waals surface area contributed by atoms with Crippen molar-refractivity contribution in [3.05, 3.63) is 59.2 Å². The van der Waals surface area contributed by atoms with Crippen LogP contribution in [0.4, 0.5) is 4.79 Å². The number of amides is 5. The first-order valence-electron chi connectivity index (χ1n) is 21.2. The van der Waals surface area contributed by atoms with Gasteiger partial charge in [-0.15, -0.1) is 0 Å². The minimum Gasteiger partial charge on any atom is -0.496 e. The van der Waals surface area contributed by atoms with Crippen LogP contribution >= 0.6 is 0 Å². The van der Waals surface area contributed by atoms with Gasteiger partial charge in [0.2, 0.25) is 5.91 Å². The molecule has 2 aromatic carbocycles. The lowest BCUT2D eigenvalue weighted by Gasteiger charge is -2.64. The Kier molecular flexibility index (Phi) is 13.0. The standard InChI is InChI=1S/C44H61BN4O12S/c1-12-48-20-21-49(38(52)37(48)51)40(54)47-34(26-16-18-29(19-17-26)62(55,56)58-25-41(2,3)4)36(50)46-33(45-60-32-24-28-23-31(43(28,8)9)44(32,10)61-45)22-27-14-13-15-30(35(27)57-11)39(53)59-42(5,6)7/h13-19,28,31-34H,12,20-25H2,1-11H3,(H,46,50)(H,47,54)/t28-,31-,32+,33-,34?,44-/m0/s1. The van der Waals surface area contributed by atoms with Gasteiger partial charge in [-0.2, -0.15) is 8.42 Å². The predicted molar refractivity (Wildman–Crippen MR) is 228 cm³/mol. The molecule has 2 heterocycles. The SMILES string of the molecule is CCN1CCN(C(=O)NC(C(=O)N[C@@H](Cc2cccc(C(=O)OC(C)(C)C)c2OC)B2O[C@@H]3C[C@@H]4C[C@@H](C4(C)C)[C@]3(C)O2)c2ccc(S(=O)(=O)OCC(C)(C)C)cc2)C(=O)C1=O. The van der Waals surface area contributed by atoms with E-state index in [0.717, 1.165) is 17.7 Å². The zero-order chi connectivity index (χ0) is 45.7. The van der Waals surface area contributed by atoms with Crippen LogP contribution in [0.25, 0.3) is 0 Å². The molecule has 338 valence electrons. The van der Waals surface area contributed by atoms with Gasteiger partial charge in [0.15, 0.2) is 0 Å². The molecule has 7 rings (SSSR count). The first-order valence-corrected chi connectivity index (χ1v) is 22.6. The van der Waals surface area contributed by atoms with Crippen molar-refractivity contribution in [3.63, 3.8) is 0 Å². The number of hydrogen-bond acceptors (Lipinski definition) is 12. The third-order valence-corrected chi connectivity index (χ3v) is 13.9. The van der Waals surface area contributed by atoms with Crippen LogP contribution in [-0.4, -0.2) is 112 Å². The summed E-state index contributed by atoms with van der Waals surface area (Å²) in [6.07, 6.45) is 1.51. The van der Waals surface area contributed by atoms with E-state index < -0.39 is 75.6 Å². The van der Waals surface area contributed by atoms with Crippen molar-refractivity contribution in [2.45, 2.75) is 123 Å². The molecule has 2 N–H and O–H groups in total. The van der Waals surface area contributed by atoms with E-state index in [9.17, 15) is 32.4 Å². The number of carbonyl (C=O) groups excluding carboxylic acids is 5. The molecule has 2 bridgehead atoms. The monoisotopic (exact) mass is 880 g/mol. The number of nitrogens with one attached hydrogen (secondary N) is 2. The number of methoxy groups -OCH3 is 1. The van der Waals surface area contributed by atoms with Gasteiger partial charge in [0.25, 0.3) is 10.1 Å². The van der Waals surface area contributed by atoms with E-state index in [1.165, 1.54) is 36.3 Å². The molecule has 18 heteroatoms. The lowest BCUT2D eigenvalue weighted by molar-refractivity contribution is -0.199. The summed E-state index contributed by atoms with van der Waals surface area (Å²) in [7, 11) is -3.76. The molecule has 3 saturated carbocycles. The zero-order valence-corrected chi connectivity index (χ0v) is 38.5. The van der Waals surface area contributed by atoms with Gasteiger partial charge in [-0.3, -0.25) is 23.5 Å². The Labute approximate surface area is 365 Å². The van der Waals surface area contributed by atoms with Crippen LogP contribution in [0.5, 0.6) is 5.75 Å². The average molecular weight is 881 g/mol. The molecule has 6 atom stereocenters. The van der Waals surface area contributed by atoms with Crippen LogP contribution in [0.3, 0.4) is 0 Å². The average Bonchev–Trinajstić information content (AvgIpc) is 3.56. The number of nitrogens with zero attached hydrogens (tertiary/aromatic N) is 2. The van der Waals surface area contributed by atoms with Crippen molar-refractivity contribution in [2.24, 2.45) is 22.7 Å². The Morgan fingerprint density at radius 3 is 2.23 bits per heavy atom. The molecule has 16 nitrogen and oxygen atoms in total. The van der Waals surface area contributed by atoms with Crippen LogP contribution in [0, 0.1) is 22.7 Å². The Morgan fingerprint density at radius 2 is 1.63 bits per heavy atom. The fourth-order valence-electron chi connectivity index (χ4n) is 9.09. The molecule has 1 unspecified atom stereocenters. The lowest BCUT2D eigenvalue weighted by atomic mass is 9.43. The maximum Gasteiger partial charge on any atom is 0.482 e. The van der Waals surface area contributed by atoms with Gasteiger partial charge >= 0.3 is 30.9 Å². The molecular formula is C44H61BN4O12S. The maximum atomic E-state index is 14.9. The maximum absolute atomic E-state index is 14.9. The van der Waals surface area contributed by atoms with E-state index in [2.05, 4.69) is 24.5 Å². The van der Waals surface area contributed by atoms with Gasteiger partial charge in [0.1, 0.15) is 23.0 Å². The van der Waals surface area contributed by atoms with Crippen molar-refractivity contribution < 1.29 is 55.4 Å². The lowest BCUT2D eigenvalue weighted by Crippen LogP contribution is -2.65. The Bertz CT molecular complexity index is 2190. The third-order valence-electron chi connectivity index (χ3n) is 12.6. The molecule has 2 aromatic rings. The molecule has 3 aliphatic carbocycles.